The SMILES string of the molecule is COc1ccc(OC)c(CCNC(=O)Cc2cccc(F)c2)c1. The van der Waals surface area contributed by atoms with Gasteiger partial charge < -0.3 is 14.8 Å². The zero-order valence-electron chi connectivity index (χ0n) is 13.3. The van der Waals surface area contributed by atoms with Crippen LogP contribution in [0, 0.1) is 5.82 Å². The fraction of sp³-hybridized carbons (Fsp3) is 0.278. The van der Waals surface area contributed by atoms with Gasteiger partial charge in [0, 0.05) is 6.54 Å². The molecule has 0 unspecified atom stereocenters. The Morgan fingerprint density at radius 2 is 1.96 bits per heavy atom. The van der Waals surface area contributed by atoms with Crippen molar-refractivity contribution < 1.29 is 18.7 Å². The maximum atomic E-state index is 13.1. The van der Waals surface area contributed by atoms with E-state index in [9.17, 15) is 9.18 Å². The Hall–Kier alpha value is -2.56. The third-order valence-electron chi connectivity index (χ3n) is 3.46. The number of hydrogen-bond donors (Lipinski definition) is 1. The summed E-state index contributed by atoms with van der Waals surface area (Å²) in [5, 5.41) is 2.83. The van der Waals surface area contributed by atoms with Gasteiger partial charge in [0.05, 0.1) is 20.6 Å². The first-order valence-electron chi connectivity index (χ1n) is 7.34. The van der Waals surface area contributed by atoms with E-state index < -0.39 is 0 Å². The number of carbonyl (C=O) groups excluding carboxylic acids is 1. The molecule has 0 bridgehead atoms. The highest BCUT2D eigenvalue weighted by atomic mass is 19.1. The van der Waals surface area contributed by atoms with E-state index in [0.717, 1.165) is 17.1 Å². The first-order valence-corrected chi connectivity index (χ1v) is 7.34. The van der Waals surface area contributed by atoms with E-state index in [1.165, 1.54) is 12.1 Å². The Balaban J connectivity index is 1.88. The molecular weight excluding hydrogens is 297 g/mol. The zero-order chi connectivity index (χ0) is 16.7. The largest absolute Gasteiger partial charge is 0.497 e. The van der Waals surface area contributed by atoms with Crippen molar-refractivity contribution in [1.82, 2.24) is 5.32 Å². The molecule has 2 aromatic carbocycles. The van der Waals surface area contributed by atoms with Gasteiger partial charge in [-0.1, -0.05) is 12.1 Å². The summed E-state index contributed by atoms with van der Waals surface area (Å²) in [6.45, 7) is 0.470. The standard InChI is InChI=1S/C18H20FNO3/c1-22-16-6-7-17(23-2)14(12-16)8-9-20-18(21)11-13-4-3-5-15(19)10-13/h3-7,10,12H,8-9,11H2,1-2H3,(H,20,21). The molecule has 4 nitrogen and oxygen atoms in total. The number of nitrogens with one attached hydrogen (secondary N) is 1. The molecule has 0 saturated carbocycles. The van der Waals surface area contributed by atoms with Crippen molar-refractivity contribution in [2.45, 2.75) is 12.8 Å². The number of rotatable bonds is 7. The summed E-state index contributed by atoms with van der Waals surface area (Å²) in [7, 11) is 3.21. The molecule has 0 spiro atoms. The average Bonchev–Trinajstić information content (AvgIpc) is 2.54. The van der Waals surface area contributed by atoms with E-state index >= 15 is 0 Å². The van der Waals surface area contributed by atoms with Gasteiger partial charge in [0.2, 0.25) is 5.91 Å². The van der Waals surface area contributed by atoms with Crippen molar-refractivity contribution in [3.05, 3.63) is 59.4 Å². The molecule has 0 saturated heterocycles. The molecule has 23 heavy (non-hydrogen) atoms. The molecule has 2 aromatic rings. The smallest absolute Gasteiger partial charge is 0.224 e. The van der Waals surface area contributed by atoms with E-state index in [1.807, 2.05) is 18.2 Å². The number of amides is 1. The number of benzene rings is 2. The third-order valence-corrected chi connectivity index (χ3v) is 3.46. The van der Waals surface area contributed by atoms with Crippen molar-refractivity contribution in [3.8, 4) is 11.5 Å². The van der Waals surface area contributed by atoms with Crippen LogP contribution in [0.5, 0.6) is 11.5 Å². The molecule has 0 heterocycles. The van der Waals surface area contributed by atoms with Crippen LogP contribution in [0.25, 0.3) is 0 Å². The van der Waals surface area contributed by atoms with Crippen molar-refractivity contribution in [2.24, 2.45) is 0 Å². The predicted octanol–water partition coefficient (Wildman–Crippen LogP) is 2.74. The van der Waals surface area contributed by atoms with Gasteiger partial charge in [-0.15, -0.1) is 0 Å². The third kappa shape index (κ3) is 4.98. The molecule has 0 radical (unpaired) electrons. The Morgan fingerprint density at radius 3 is 2.65 bits per heavy atom. The maximum absolute atomic E-state index is 13.1. The van der Waals surface area contributed by atoms with E-state index in [-0.39, 0.29) is 18.1 Å². The molecule has 0 atom stereocenters. The van der Waals surface area contributed by atoms with E-state index in [4.69, 9.17) is 9.47 Å². The molecule has 0 aliphatic heterocycles. The number of halogens is 1. The minimum Gasteiger partial charge on any atom is -0.497 e. The van der Waals surface area contributed by atoms with Gasteiger partial charge in [0.1, 0.15) is 17.3 Å². The number of ether oxygens (including phenoxy) is 2. The normalized spacial score (nSPS) is 10.2. The topological polar surface area (TPSA) is 47.6 Å². The summed E-state index contributed by atoms with van der Waals surface area (Å²) in [5.74, 6) is 1.02. The van der Waals surface area contributed by atoms with Crippen molar-refractivity contribution in [2.75, 3.05) is 20.8 Å². The lowest BCUT2D eigenvalue weighted by molar-refractivity contribution is -0.120. The molecule has 2 rings (SSSR count). The number of carbonyl (C=O) groups is 1. The second kappa shape index (κ2) is 8.17. The summed E-state index contributed by atoms with van der Waals surface area (Å²) in [5.41, 5.74) is 1.61. The molecule has 0 aromatic heterocycles. The van der Waals surface area contributed by atoms with Crippen molar-refractivity contribution in [3.63, 3.8) is 0 Å². The maximum Gasteiger partial charge on any atom is 0.224 e. The fourth-order valence-electron chi connectivity index (χ4n) is 2.31. The van der Waals surface area contributed by atoms with Crippen LogP contribution >= 0.6 is 0 Å². The monoisotopic (exact) mass is 317 g/mol. The summed E-state index contributed by atoms with van der Waals surface area (Å²) in [6.07, 6.45) is 0.780. The Labute approximate surface area is 135 Å². The lowest BCUT2D eigenvalue weighted by Crippen LogP contribution is -2.27. The number of hydrogen-bond acceptors (Lipinski definition) is 3. The van der Waals surface area contributed by atoms with Gasteiger partial charge in [0.25, 0.3) is 0 Å². The Kier molecular flexibility index (Phi) is 5.97. The zero-order valence-corrected chi connectivity index (χ0v) is 13.3. The average molecular weight is 317 g/mol. The summed E-state index contributed by atoms with van der Waals surface area (Å²) in [6, 6.07) is 11.6. The van der Waals surface area contributed by atoms with Gasteiger partial charge in [-0.3, -0.25) is 4.79 Å². The minimum atomic E-state index is -0.337. The van der Waals surface area contributed by atoms with E-state index in [0.29, 0.717) is 18.5 Å². The molecule has 0 aliphatic rings. The Morgan fingerprint density at radius 1 is 1.13 bits per heavy atom. The highest BCUT2D eigenvalue weighted by Crippen LogP contribution is 2.24. The Bertz CT molecular complexity index is 673. The van der Waals surface area contributed by atoms with Crippen LogP contribution in [0.1, 0.15) is 11.1 Å². The van der Waals surface area contributed by atoms with Gasteiger partial charge in [-0.2, -0.15) is 0 Å². The fourth-order valence-corrected chi connectivity index (χ4v) is 2.31. The second-order valence-electron chi connectivity index (χ2n) is 5.08. The van der Waals surface area contributed by atoms with Crippen molar-refractivity contribution in [1.29, 1.82) is 0 Å². The first kappa shape index (κ1) is 16.8. The number of methoxy groups -OCH3 is 2. The second-order valence-corrected chi connectivity index (χ2v) is 5.08. The summed E-state index contributed by atoms with van der Waals surface area (Å²) < 4.78 is 23.6. The molecular formula is C18H20FNO3. The lowest BCUT2D eigenvalue weighted by Gasteiger charge is -2.11. The van der Waals surface area contributed by atoms with Gasteiger partial charge in [-0.05, 0) is 47.9 Å². The lowest BCUT2D eigenvalue weighted by atomic mass is 10.1. The van der Waals surface area contributed by atoms with Gasteiger partial charge in [-0.25, -0.2) is 4.39 Å². The van der Waals surface area contributed by atoms with Crippen LogP contribution in [-0.4, -0.2) is 26.7 Å². The molecule has 1 N–H and O–H groups in total. The van der Waals surface area contributed by atoms with Crippen LogP contribution < -0.4 is 14.8 Å². The van der Waals surface area contributed by atoms with Crippen LogP contribution in [0.15, 0.2) is 42.5 Å². The molecule has 0 fully saturated rings. The van der Waals surface area contributed by atoms with Crippen molar-refractivity contribution >= 4 is 5.91 Å². The van der Waals surface area contributed by atoms with Crippen LogP contribution in [0.3, 0.4) is 0 Å². The highest BCUT2D eigenvalue weighted by molar-refractivity contribution is 5.78. The van der Waals surface area contributed by atoms with Gasteiger partial charge in [0.15, 0.2) is 0 Å². The molecule has 122 valence electrons. The van der Waals surface area contributed by atoms with Crippen LogP contribution in [-0.2, 0) is 17.6 Å². The predicted molar refractivity (Wildman–Crippen MR) is 86.4 cm³/mol. The molecule has 0 aliphatic carbocycles. The first-order chi connectivity index (χ1) is 11.1. The quantitative estimate of drug-likeness (QED) is 0.854. The van der Waals surface area contributed by atoms with Crippen LogP contribution in [0.2, 0.25) is 0 Å². The molecule has 1 amide bonds. The van der Waals surface area contributed by atoms with Crippen LogP contribution in [0.4, 0.5) is 4.39 Å². The summed E-state index contributed by atoms with van der Waals surface area (Å²) in [4.78, 5) is 11.9. The van der Waals surface area contributed by atoms with E-state index in [2.05, 4.69) is 5.32 Å². The minimum absolute atomic E-state index is 0.141. The molecule has 5 heteroatoms. The highest BCUT2D eigenvalue weighted by Gasteiger charge is 2.07. The van der Waals surface area contributed by atoms with Gasteiger partial charge >= 0.3 is 0 Å². The summed E-state index contributed by atoms with van der Waals surface area (Å²) >= 11 is 0. The van der Waals surface area contributed by atoms with E-state index in [1.54, 1.807) is 26.4 Å².